The summed E-state index contributed by atoms with van der Waals surface area (Å²) in [5, 5.41) is 18.7. The van der Waals surface area contributed by atoms with Crippen molar-refractivity contribution in [3.8, 4) is 11.8 Å². The van der Waals surface area contributed by atoms with Gasteiger partial charge in [0.1, 0.15) is 11.3 Å². The molecular weight excluding hydrogens is 320 g/mol. The fraction of sp³-hybridized carbons (Fsp3) is 0.211. The Morgan fingerprint density at radius 1 is 1.16 bits per heavy atom. The molecule has 0 unspecified atom stereocenters. The number of hydrogen-bond acceptors (Lipinski definition) is 5. The molecule has 0 aromatic heterocycles. The normalized spacial score (nSPS) is 9.92. The Labute approximate surface area is 145 Å². The van der Waals surface area contributed by atoms with Crippen molar-refractivity contribution in [1.29, 1.82) is 5.26 Å². The van der Waals surface area contributed by atoms with Gasteiger partial charge in [0.15, 0.2) is 6.61 Å². The Hall–Kier alpha value is -3.33. The molecule has 0 aliphatic rings. The minimum Gasteiger partial charge on any atom is -0.507 e. The molecule has 2 aromatic rings. The Morgan fingerprint density at radius 2 is 1.88 bits per heavy atom. The van der Waals surface area contributed by atoms with Crippen molar-refractivity contribution in [2.75, 3.05) is 18.1 Å². The van der Waals surface area contributed by atoms with Gasteiger partial charge < -0.3 is 14.7 Å². The first kappa shape index (κ1) is 18.0. The highest BCUT2D eigenvalue weighted by molar-refractivity contribution is 5.98. The molecule has 0 aliphatic heterocycles. The number of aryl methyl sites for hydroxylation is 1. The van der Waals surface area contributed by atoms with Crippen LogP contribution in [0, 0.1) is 18.3 Å². The van der Waals surface area contributed by atoms with Crippen LogP contribution in [0.4, 0.5) is 5.69 Å². The lowest BCUT2D eigenvalue weighted by Gasteiger charge is -2.21. The molecule has 0 spiro atoms. The summed E-state index contributed by atoms with van der Waals surface area (Å²) in [7, 11) is 0. The number of para-hydroxylation sites is 2. The number of nitriles is 1. The number of aromatic hydroxyl groups is 1. The number of benzene rings is 2. The highest BCUT2D eigenvalue weighted by atomic mass is 16.5. The number of nitrogens with zero attached hydrogens (tertiary/aromatic N) is 2. The summed E-state index contributed by atoms with van der Waals surface area (Å²) in [6.07, 6.45) is 0.160. The Bertz CT molecular complexity index is 797. The summed E-state index contributed by atoms with van der Waals surface area (Å²) >= 11 is 0. The van der Waals surface area contributed by atoms with Gasteiger partial charge >= 0.3 is 5.97 Å². The predicted octanol–water partition coefficient (Wildman–Crippen LogP) is 2.80. The summed E-state index contributed by atoms with van der Waals surface area (Å²) in [6.45, 7) is 1.38. The van der Waals surface area contributed by atoms with Crippen LogP contribution in [-0.4, -0.2) is 30.1 Å². The van der Waals surface area contributed by atoms with Crippen LogP contribution in [0.2, 0.25) is 0 Å². The van der Waals surface area contributed by atoms with Crippen molar-refractivity contribution < 1.29 is 19.4 Å². The Balaban J connectivity index is 2.07. The molecule has 0 heterocycles. The SMILES string of the molecule is Cc1cccc(C(=O)OCC(=O)N(CCC#N)c2ccccc2)c1O. The second-order valence-corrected chi connectivity index (χ2v) is 5.34. The van der Waals surface area contributed by atoms with Crippen LogP contribution in [0.15, 0.2) is 48.5 Å². The molecule has 0 aliphatic carbocycles. The molecular formula is C19H18N2O4. The lowest BCUT2D eigenvalue weighted by molar-refractivity contribution is -0.121. The topological polar surface area (TPSA) is 90.6 Å². The molecule has 25 heavy (non-hydrogen) atoms. The lowest BCUT2D eigenvalue weighted by Crippen LogP contribution is -2.35. The van der Waals surface area contributed by atoms with E-state index >= 15 is 0 Å². The van der Waals surface area contributed by atoms with Crippen molar-refractivity contribution >= 4 is 17.6 Å². The first-order chi connectivity index (χ1) is 12.0. The maximum absolute atomic E-state index is 12.4. The molecule has 0 bridgehead atoms. The summed E-state index contributed by atoms with van der Waals surface area (Å²) in [6, 6.07) is 15.6. The Morgan fingerprint density at radius 3 is 2.56 bits per heavy atom. The maximum Gasteiger partial charge on any atom is 0.342 e. The van der Waals surface area contributed by atoms with Gasteiger partial charge in [-0.3, -0.25) is 4.79 Å². The number of esters is 1. The highest BCUT2D eigenvalue weighted by Crippen LogP contribution is 2.22. The van der Waals surface area contributed by atoms with Gasteiger partial charge in [0, 0.05) is 12.2 Å². The van der Waals surface area contributed by atoms with Crippen molar-refractivity contribution in [2.24, 2.45) is 0 Å². The number of carbonyl (C=O) groups excluding carboxylic acids is 2. The van der Waals surface area contributed by atoms with Gasteiger partial charge in [0.05, 0.1) is 12.5 Å². The van der Waals surface area contributed by atoms with Gasteiger partial charge in [-0.1, -0.05) is 30.3 Å². The maximum atomic E-state index is 12.4. The van der Waals surface area contributed by atoms with E-state index in [1.54, 1.807) is 43.3 Å². The molecule has 6 nitrogen and oxygen atoms in total. The average molecular weight is 338 g/mol. The molecule has 6 heteroatoms. The minimum absolute atomic E-state index is 0.0103. The molecule has 0 atom stereocenters. The van der Waals surface area contributed by atoms with Gasteiger partial charge in [-0.25, -0.2) is 4.79 Å². The molecule has 0 fully saturated rings. The second-order valence-electron chi connectivity index (χ2n) is 5.34. The molecule has 0 saturated heterocycles. The fourth-order valence-corrected chi connectivity index (χ4v) is 2.27. The molecule has 1 N–H and O–H groups in total. The van der Waals surface area contributed by atoms with Crippen LogP contribution in [-0.2, 0) is 9.53 Å². The molecule has 128 valence electrons. The van der Waals surface area contributed by atoms with Gasteiger partial charge in [0.2, 0.25) is 0 Å². The number of ether oxygens (including phenoxy) is 1. The van der Waals surface area contributed by atoms with E-state index in [1.807, 2.05) is 12.1 Å². The van der Waals surface area contributed by atoms with E-state index in [4.69, 9.17) is 10.00 Å². The van der Waals surface area contributed by atoms with E-state index in [1.165, 1.54) is 11.0 Å². The van der Waals surface area contributed by atoms with Crippen LogP contribution in [0.25, 0.3) is 0 Å². The first-order valence-corrected chi connectivity index (χ1v) is 7.72. The number of hydrogen-bond donors (Lipinski definition) is 1. The molecule has 1 amide bonds. The van der Waals surface area contributed by atoms with E-state index in [-0.39, 0.29) is 24.3 Å². The van der Waals surface area contributed by atoms with Crippen molar-refractivity contribution in [2.45, 2.75) is 13.3 Å². The van der Waals surface area contributed by atoms with Crippen LogP contribution in [0.3, 0.4) is 0 Å². The highest BCUT2D eigenvalue weighted by Gasteiger charge is 2.19. The summed E-state index contributed by atoms with van der Waals surface area (Å²) < 4.78 is 5.04. The monoisotopic (exact) mass is 338 g/mol. The average Bonchev–Trinajstić information content (AvgIpc) is 2.63. The van der Waals surface area contributed by atoms with Crippen LogP contribution >= 0.6 is 0 Å². The summed E-state index contributed by atoms with van der Waals surface area (Å²) in [5.74, 6) is -1.38. The van der Waals surface area contributed by atoms with Gasteiger partial charge in [-0.05, 0) is 30.7 Å². The van der Waals surface area contributed by atoms with E-state index in [9.17, 15) is 14.7 Å². The quantitative estimate of drug-likeness (QED) is 0.818. The number of rotatable bonds is 6. The zero-order chi connectivity index (χ0) is 18.2. The van der Waals surface area contributed by atoms with E-state index < -0.39 is 18.5 Å². The number of anilines is 1. The van der Waals surface area contributed by atoms with Crippen LogP contribution in [0.5, 0.6) is 5.75 Å². The molecule has 2 aromatic carbocycles. The molecule has 0 saturated carbocycles. The summed E-state index contributed by atoms with van der Waals surface area (Å²) in [4.78, 5) is 25.9. The first-order valence-electron chi connectivity index (χ1n) is 7.72. The second kappa shape index (κ2) is 8.50. The molecule has 2 rings (SSSR count). The largest absolute Gasteiger partial charge is 0.507 e. The van der Waals surface area contributed by atoms with E-state index in [0.29, 0.717) is 11.3 Å². The third-order valence-electron chi connectivity index (χ3n) is 3.60. The number of amides is 1. The van der Waals surface area contributed by atoms with E-state index in [2.05, 4.69) is 0 Å². The zero-order valence-electron chi connectivity index (χ0n) is 13.8. The van der Waals surface area contributed by atoms with Gasteiger partial charge in [0.25, 0.3) is 5.91 Å². The van der Waals surface area contributed by atoms with Crippen LogP contribution in [0.1, 0.15) is 22.3 Å². The van der Waals surface area contributed by atoms with Gasteiger partial charge in [-0.2, -0.15) is 5.26 Å². The lowest BCUT2D eigenvalue weighted by atomic mass is 10.1. The summed E-state index contributed by atoms with van der Waals surface area (Å²) in [5.41, 5.74) is 1.17. The number of carbonyl (C=O) groups is 2. The smallest absolute Gasteiger partial charge is 0.342 e. The standard InChI is InChI=1S/C19H18N2O4/c1-14-7-5-10-16(18(14)23)19(24)25-13-17(22)21(12-6-11-20)15-8-3-2-4-9-15/h2-5,7-10,23H,6,12-13H2,1H3. The van der Waals surface area contributed by atoms with Crippen LogP contribution < -0.4 is 4.90 Å². The number of phenols is 1. The third-order valence-corrected chi connectivity index (χ3v) is 3.60. The van der Waals surface area contributed by atoms with Crippen molar-refractivity contribution in [3.63, 3.8) is 0 Å². The zero-order valence-corrected chi connectivity index (χ0v) is 13.8. The van der Waals surface area contributed by atoms with Gasteiger partial charge in [-0.15, -0.1) is 0 Å². The van der Waals surface area contributed by atoms with Crippen molar-refractivity contribution in [3.05, 3.63) is 59.7 Å². The minimum atomic E-state index is -0.775. The van der Waals surface area contributed by atoms with Crippen molar-refractivity contribution in [1.82, 2.24) is 0 Å². The predicted molar refractivity (Wildman–Crippen MR) is 92.2 cm³/mol. The fourth-order valence-electron chi connectivity index (χ4n) is 2.27. The molecule has 0 radical (unpaired) electrons. The number of phenolic OH excluding ortho intramolecular Hbond substituents is 1. The Kier molecular flexibility index (Phi) is 6.13. The van der Waals surface area contributed by atoms with E-state index in [0.717, 1.165) is 0 Å². The third kappa shape index (κ3) is 4.58.